The topological polar surface area (TPSA) is 22.4 Å². The molecule has 18 heavy (non-hydrogen) atoms. The van der Waals surface area contributed by atoms with Crippen LogP contribution in [0.4, 0.5) is 0 Å². The lowest BCUT2D eigenvalue weighted by atomic mass is 10.0. The number of hydrogen-bond acceptors (Lipinski definition) is 2. The smallest absolute Gasteiger partial charge is 0.173 e. The number of fused-ring (bicyclic) bond motifs is 1. The van der Waals surface area contributed by atoms with E-state index in [1.807, 2.05) is 6.07 Å². The quantitative estimate of drug-likeness (QED) is 0.704. The molecule has 0 fully saturated rings. The Labute approximate surface area is 123 Å². The highest BCUT2D eigenvalue weighted by Gasteiger charge is 2.22. The molecule has 94 valence electrons. The first-order valence-corrected chi connectivity index (χ1v) is 7.52. The van der Waals surface area contributed by atoms with Gasteiger partial charge in [0.25, 0.3) is 0 Å². The second-order valence-electron chi connectivity index (χ2n) is 4.51. The fraction of sp³-hybridized carbons (Fsp3) is 0.286. The number of ether oxygens (including phenoxy) is 1. The van der Waals surface area contributed by atoms with Gasteiger partial charge in [0, 0.05) is 12.0 Å². The van der Waals surface area contributed by atoms with Crippen molar-refractivity contribution in [2.45, 2.75) is 24.3 Å². The maximum Gasteiger partial charge on any atom is 0.173 e. The van der Waals surface area contributed by atoms with Gasteiger partial charge in [-0.25, -0.2) is 0 Å². The molecule has 0 spiro atoms. The zero-order valence-corrected chi connectivity index (χ0v) is 13.0. The normalized spacial score (nSPS) is 19.4. The van der Waals surface area contributed by atoms with Crippen LogP contribution in [0.5, 0.6) is 5.75 Å². The third-order valence-corrected chi connectivity index (χ3v) is 4.80. The van der Waals surface area contributed by atoms with Crippen LogP contribution >= 0.6 is 31.9 Å². The van der Waals surface area contributed by atoms with Gasteiger partial charge in [0.05, 0.1) is 11.1 Å². The standard InChI is InChI=1S/C14H12Br2O2/c1-8-6-10-7-9(2-3-12(10)18-8)13(15)11-4-5-17-14(11)16/h2-5,7-8,13H,6H2,1H3. The van der Waals surface area contributed by atoms with Crippen molar-refractivity contribution >= 4 is 31.9 Å². The van der Waals surface area contributed by atoms with Crippen LogP contribution < -0.4 is 4.74 Å². The first kappa shape index (κ1) is 12.3. The van der Waals surface area contributed by atoms with E-state index in [2.05, 4.69) is 57.0 Å². The summed E-state index contributed by atoms with van der Waals surface area (Å²) < 4.78 is 11.8. The van der Waals surface area contributed by atoms with Crippen LogP contribution in [-0.2, 0) is 6.42 Å². The molecule has 0 saturated heterocycles. The minimum absolute atomic E-state index is 0.131. The highest BCUT2D eigenvalue weighted by Crippen LogP contribution is 2.39. The fourth-order valence-electron chi connectivity index (χ4n) is 2.26. The fourth-order valence-corrected chi connectivity index (χ4v) is 3.69. The van der Waals surface area contributed by atoms with E-state index in [1.165, 1.54) is 11.1 Å². The van der Waals surface area contributed by atoms with Gasteiger partial charge in [-0.2, -0.15) is 0 Å². The van der Waals surface area contributed by atoms with Gasteiger partial charge in [-0.1, -0.05) is 28.1 Å². The molecule has 2 atom stereocenters. The molecule has 0 amide bonds. The predicted molar refractivity (Wildman–Crippen MR) is 77.4 cm³/mol. The Hall–Kier alpha value is -0.740. The zero-order valence-electron chi connectivity index (χ0n) is 9.82. The largest absolute Gasteiger partial charge is 0.490 e. The summed E-state index contributed by atoms with van der Waals surface area (Å²) in [6.07, 6.45) is 2.95. The number of hydrogen-bond donors (Lipinski definition) is 0. The van der Waals surface area contributed by atoms with Crippen molar-refractivity contribution in [2.75, 3.05) is 0 Å². The Bertz CT molecular complexity index is 577. The first-order valence-electron chi connectivity index (χ1n) is 5.81. The number of benzene rings is 1. The molecule has 0 aliphatic carbocycles. The van der Waals surface area contributed by atoms with Crippen molar-refractivity contribution in [3.8, 4) is 5.75 Å². The van der Waals surface area contributed by atoms with Crippen molar-refractivity contribution in [1.29, 1.82) is 0 Å². The van der Waals surface area contributed by atoms with Gasteiger partial charge in [-0.3, -0.25) is 0 Å². The number of alkyl halides is 1. The summed E-state index contributed by atoms with van der Waals surface area (Å²) >= 11 is 7.13. The molecule has 0 radical (unpaired) electrons. The average molecular weight is 372 g/mol. The van der Waals surface area contributed by atoms with Gasteiger partial charge in [0.15, 0.2) is 4.67 Å². The van der Waals surface area contributed by atoms with Gasteiger partial charge in [0.2, 0.25) is 0 Å². The van der Waals surface area contributed by atoms with Crippen LogP contribution in [0.3, 0.4) is 0 Å². The molecule has 0 saturated carbocycles. The number of halogens is 2. The van der Waals surface area contributed by atoms with Crippen LogP contribution in [-0.4, -0.2) is 6.10 Å². The van der Waals surface area contributed by atoms with E-state index >= 15 is 0 Å². The minimum Gasteiger partial charge on any atom is -0.490 e. The van der Waals surface area contributed by atoms with Crippen LogP contribution in [0.25, 0.3) is 0 Å². The summed E-state index contributed by atoms with van der Waals surface area (Å²) in [7, 11) is 0. The molecule has 1 aliphatic rings. The Morgan fingerprint density at radius 3 is 2.89 bits per heavy atom. The Balaban J connectivity index is 1.94. The molecule has 1 aromatic carbocycles. The maximum atomic E-state index is 5.71. The molecule has 2 heterocycles. The number of furan rings is 1. The molecular weight excluding hydrogens is 360 g/mol. The van der Waals surface area contributed by atoms with Crippen molar-refractivity contribution in [3.63, 3.8) is 0 Å². The summed E-state index contributed by atoms with van der Waals surface area (Å²) in [5.41, 5.74) is 3.60. The molecular formula is C14H12Br2O2. The van der Waals surface area contributed by atoms with Crippen LogP contribution in [0.2, 0.25) is 0 Å². The lowest BCUT2D eigenvalue weighted by Gasteiger charge is -2.10. The summed E-state index contributed by atoms with van der Waals surface area (Å²) in [4.78, 5) is 0.131. The molecule has 2 nitrogen and oxygen atoms in total. The number of rotatable bonds is 2. The first-order chi connectivity index (χ1) is 8.65. The minimum atomic E-state index is 0.131. The monoisotopic (exact) mass is 370 g/mol. The summed E-state index contributed by atoms with van der Waals surface area (Å²) in [5, 5.41) is 0. The third kappa shape index (κ3) is 2.12. The SMILES string of the molecule is CC1Cc2cc(C(Br)c3ccoc3Br)ccc2O1. The Kier molecular flexibility index (Phi) is 3.24. The predicted octanol–water partition coefficient (Wildman–Crippen LogP) is 4.85. The molecule has 4 heteroatoms. The average Bonchev–Trinajstić information content (AvgIpc) is 2.91. The van der Waals surface area contributed by atoms with E-state index in [9.17, 15) is 0 Å². The van der Waals surface area contributed by atoms with E-state index in [-0.39, 0.29) is 10.9 Å². The van der Waals surface area contributed by atoms with Gasteiger partial charge >= 0.3 is 0 Å². The van der Waals surface area contributed by atoms with Crippen molar-refractivity contribution in [2.24, 2.45) is 0 Å². The summed E-state index contributed by atoms with van der Waals surface area (Å²) in [6, 6.07) is 8.32. The highest BCUT2D eigenvalue weighted by molar-refractivity contribution is 9.10. The second kappa shape index (κ2) is 4.74. The lowest BCUT2D eigenvalue weighted by molar-refractivity contribution is 0.254. The van der Waals surface area contributed by atoms with E-state index in [0.717, 1.165) is 22.4 Å². The van der Waals surface area contributed by atoms with E-state index in [1.54, 1.807) is 6.26 Å². The van der Waals surface area contributed by atoms with Gasteiger partial charge in [-0.15, -0.1) is 0 Å². The molecule has 2 aromatic rings. The molecule has 1 aromatic heterocycles. The molecule has 2 unspecified atom stereocenters. The lowest BCUT2D eigenvalue weighted by Crippen LogP contribution is -2.05. The second-order valence-corrected chi connectivity index (χ2v) is 6.15. The molecule has 0 bridgehead atoms. The third-order valence-electron chi connectivity index (χ3n) is 3.13. The van der Waals surface area contributed by atoms with Crippen LogP contribution in [0.1, 0.15) is 28.4 Å². The van der Waals surface area contributed by atoms with Gasteiger partial charge in [0.1, 0.15) is 11.9 Å². The van der Waals surface area contributed by atoms with E-state index < -0.39 is 0 Å². The van der Waals surface area contributed by atoms with Gasteiger partial charge < -0.3 is 9.15 Å². The van der Waals surface area contributed by atoms with Crippen molar-refractivity contribution < 1.29 is 9.15 Å². The maximum absolute atomic E-state index is 5.71. The summed E-state index contributed by atoms with van der Waals surface area (Å²) in [6.45, 7) is 2.10. The van der Waals surface area contributed by atoms with Crippen molar-refractivity contribution in [3.05, 3.63) is 51.9 Å². The summed E-state index contributed by atoms with van der Waals surface area (Å²) in [5.74, 6) is 1.01. The highest BCUT2D eigenvalue weighted by atomic mass is 79.9. The van der Waals surface area contributed by atoms with Crippen LogP contribution in [0.15, 0.2) is 39.6 Å². The molecule has 3 rings (SSSR count). The zero-order chi connectivity index (χ0) is 12.7. The van der Waals surface area contributed by atoms with Gasteiger partial charge in [-0.05, 0) is 46.1 Å². The van der Waals surface area contributed by atoms with E-state index in [0.29, 0.717) is 0 Å². The van der Waals surface area contributed by atoms with E-state index in [4.69, 9.17) is 9.15 Å². The molecule has 1 aliphatic heterocycles. The molecule has 0 N–H and O–H groups in total. The Morgan fingerprint density at radius 1 is 1.33 bits per heavy atom. The Morgan fingerprint density at radius 2 is 2.17 bits per heavy atom. The van der Waals surface area contributed by atoms with Crippen molar-refractivity contribution in [1.82, 2.24) is 0 Å². The van der Waals surface area contributed by atoms with Crippen LogP contribution in [0, 0.1) is 0 Å².